The van der Waals surface area contributed by atoms with Crippen molar-refractivity contribution in [3.05, 3.63) is 5.89 Å². The predicted molar refractivity (Wildman–Crippen MR) is 36.6 cm³/mol. The maximum atomic E-state index is 11.7. The molecule has 14 heavy (non-hydrogen) atoms. The molecule has 0 spiro atoms. The highest BCUT2D eigenvalue weighted by atomic mass is 19.4. The second-order valence-electron chi connectivity index (χ2n) is 2.21. The van der Waals surface area contributed by atoms with Crippen LogP contribution in [0.15, 0.2) is 4.42 Å². The first kappa shape index (κ1) is 10.3. The number of anilines is 1. The smallest absolute Gasteiger partial charge is 0.406 e. The van der Waals surface area contributed by atoms with Gasteiger partial charge in [0.15, 0.2) is 0 Å². The van der Waals surface area contributed by atoms with Gasteiger partial charge in [-0.1, -0.05) is 5.10 Å². The SMILES string of the molecule is Nc1nnc(CNC(=O)C(F)(F)F)o1. The summed E-state index contributed by atoms with van der Waals surface area (Å²) in [5.41, 5.74) is 5.00. The summed E-state index contributed by atoms with van der Waals surface area (Å²) in [6, 6.07) is -0.277. The molecule has 0 saturated carbocycles. The Kier molecular flexibility index (Phi) is 2.58. The average molecular weight is 210 g/mol. The third kappa shape index (κ3) is 2.61. The van der Waals surface area contributed by atoms with Gasteiger partial charge in [0.1, 0.15) is 0 Å². The Balaban J connectivity index is 2.46. The standard InChI is InChI=1S/C5H5F3N4O2/c6-5(7,8)3(13)10-1-2-11-12-4(9)14-2/h1H2,(H2,9,12)(H,10,13). The summed E-state index contributed by atoms with van der Waals surface area (Å²) in [6.45, 7) is -0.511. The molecule has 0 aliphatic heterocycles. The number of carbonyl (C=O) groups excluding carboxylic acids is 1. The zero-order valence-electron chi connectivity index (χ0n) is 6.63. The van der Waals surface area contributed by atoms with E-state index in [0.29, 0.717) is 0 Å². The second-order valence-corrected chi connectivity index (χ2v) is 2.21. The lowest BCUT2D eigenvalue weighted by molar-refractivity contribution is -0.173. The lowest BCUT2D eigenvalue weighted by Gasteiger charge is -2.04. The van der Waals surface area contributed by atoms with Gasteiger partial charge in [-0.05, 0) is 0 Å². The maximum absolute atomic E-state index is 11.7. The topological polar surface area (TPSA) is 94.0 Å². The van der Waals surface area contributed by atoms with Gasteiger partial charge in [-0.25, -0.2) is 0 Å². The van der Waals surface area contributed by atoms with Crippen molar-refractivity contribution < 1.29 is 22.4 Å². The van der Waals surface area contributed by atoms with Crippen LogP contribution in [0.25, 0.3) is 0 Å². The zero-order chi connectivity index (χ0) is 10.8. The Morgan fingerprint density at radius 1 is 1.50 bits per heavy atom. The van der Waals surface area contributed by atoms with E-state index in [1.807, 2.05) is 0 Å². The first-order valence-electron chi connectivity index (χ1n) is 3.32. The molecule has 6 nitrogen and oxygen atoms in total. The van der Waals surface area contributed by atoms with Crippen LogP contribution in [0, 0.1) is 0 Å². The van der Waals surface area contributed by atoms with Gasteiger partial charge in [-0.2, -0.15) is 13.2 Å². The molecule has 9 heteroatoms. The molecule has 0 aliphatic rings. The number of hydrogen-bond donors (Lipinski definition) is 2. The van der Waals surface area contributed by atoms with E-state index in [2.05, 4.69) is 14.6 Å². The lowest BCUT2D eigenvalue weighted by atomic mass is 10.5. The zero-order valence-corrected chi connectivity index (χ0v) is 6.63. The molecule has 0 aromatic carbocycles. The summed E-state index contributed by atoms with van der Waals surface area (Å²) in [7, 11) is 0. The molecule has 1 heterocycles. The number of nitrogens with zero attached hydrogens (tertiary/aromatic N) is 2. The van der Waals surface area contributed by atoms with Crippen LogP contribution in [0.2, 0.25) is 0 Å². The summed E-state index contributed by atoms with van der Waals surface area (Å²) < 4.78 is 39.5. The summed E-state index contributed by atoms with van der Waals surface area (Å²) in [4.78, 5) is 10.3. The largest absolute Gasteiger partial charge is 0.471 e. The fraction of sp³-hybridized carbons (Fsp3) is 0.400. The van der Waals surface area contributed by atoms with Gasteiger partial charge in [0.05, 0.1) is 6.54 Å². The van der Waals surface area contributed by atoms with Crippen LogP contribution < -0.4 is 11.1 Å². The monoisotopic (exact) mass is 210 g/mol. The number of rotatable bonds is 2. The quantitative estimate of drug-likeness (QED) is 0.706. The molecule has 0 fully saturated rings. The van der Waals surface area contributed by atoms with Crippen molar-refractivity contribution in [2.75, 3.05) is 5.73 Å². The molecule has 0 aliphatic carbocycles. The van der Waals surface area contributed by atoms with Crippen LogP contribution in [0.3, 0.4) is 0 Å². The molecule has 1 amide bonds. The Morgan fingerprint density at radius 3 is 2.57 bits per heavy atom. The number of carbonyl (C=O) groups is 1. The molecular formula is C5H5F3N4O2. The van der Waals surface area contributed by atoms with Crippen LogP contribution in [-0.4, -0.2) is 22.3 Å². The number of amides is 1. The van der Waals surface area contributed by atoms with Crippen molar-refractivity contribution in [1.29, 1.82) is 0 Å². The first-order chi connectivity index (χ1) is 6.39. The van der Waals surface area contributed by atoms with Crippen molar-refractivity contribution in [2.45, 2.75) is 12.7 Å². The summed E-state index contributed by atoms with van der Waals surface area (Å²) in [5.74, 6) is -2.27. The molecule has 0 unspecified atom stereocenters. The fourth-order valence-corrected chi connectivity index (χ4v) is 0.594. The third-order valence-electron chi connectivity index (χ3n) is 1.14. The van der Waals surface area contributed by atoms with E-state index in [-0.39, 0.29) is 11.9 Å². The highest BCUT2D eigenvalue weighted by Gasteiger charge is 2.38. The van der Waals surface area contributed by atoms with E-state index in [1.165, 1.54) is 5.32 Å². The van der Waals surface area contributed by atoms with E-state index in [0.717, 1.165) is 0 Å². The molecule has 1 aromatic rings. The van der Waals surface area contributed by atoms with Gasteiger partial charge in [-0.15, -0.1) is 5.10 Å². The van der Waals surface area contributed by atoms with Crippen LogP contribution in [-0.2, 0) is 11.3 Å². The molecular weight excluding hydrogens is 205 g/mol. The number of nitrogens with two attached hydrogens (primary N) is 1. The van der Waals surface area contributed by atoms with Crippen molar-refractivity contribution in [3.8, 4) is 0 Å². The highest BCUT2D eigenvalue weighted by Crippen LogP contribution is 2.14. The minimum atomic E-state index is -4.93. The van der Waals surface area contributed by atoms with Crippen molar-refractivity contribution in [1.82, 2.24) is 15.5 Å². The van der Waals surface area contributed by atoms with Crippen LogP contribution in [0.4, 0.5) is 19.2 Å². The summed E-state index contributed by atoms with van der Waals surface area (Å²) >= 11 is 0. The number of hydrogen-bond acceptors (Lipinski definition) is 5. The van der Waals surface area contributed by atoms with E-state index in [4.69, 9.17) is 5.73 Å². The Labute approximate surface area is 75.3 Å². The van der Waals surface area contributed by atoms with Gasteiger partial charge in [0.25, 0.3) is 0 Å². The van der Waals surface area contributed by atoms with Gasteiger partial charge in [0.2, 0.25) is 5.89 Å². The van der Waals surface area contributed by atoms with Crippen LogP contribution in [0.1, 0.15) is 5.89 Å². The molecule has 78 valence electrons. The molecule has 0 saturated heterocycles. The molecule has 0 radical (unpaired) electrons. The first-order valence-corrected chi connectivity index (χ1v) is 3.32. The van der Waals surface area contributed by atoms with Crippen LogP contribution >= 0.6 is 0 Å². The van der Waals surface area contributed by atoms with Crippen molar-refractivity contribution in [2.24, 2.45) is 0 Å². The van der Waals surface area contributed by atoms with E-state index < -0.39 is 18.6 Å². The highest BCUT2D eigenvalue weighted by molar-refractivity contribution is 5.81. The molecule has 3 N–H and O–H groups in total. The molecule has 0 atom stereocenters. The minimum Gasteiger partial charge on any atom is -0.406 e. The normalized spacial score (nSPS) is 11.4. The Morgan fingerprint density at radius 2 is 2.14 bits per heavy atom. The van der Waals surface area contributed by atoms with Gasteiger partial charge in [0, 0.05) is 0 Å². The second kappa shape index (κ2) is 3.52. The maximum Gasteiger partial charge on any atom is 0.471 e. The Hall–Kier alpha value is -1.80. The van der Waals surface area contributed by atoms with Gasteiger partial charge >= 0.3 is 18.1 Å². The Bertz CT molecular complexity index is 334. The summed E-state index contributed by atoms with van der Waals surface area (Å²) in [5, 5.41) is 7.97. The lowest BCUT2D eigenvalue weighted by Crippen LogP contribution is -2.36. The van der Waals surface area contributed by atoms with Gasteiger partial charge in [-0.3, -0.25) is 4.79 Å². The minimum absolute atomic E-state index is 0.194. The van der Waals surface area contributed by atoms with Crippen molar-refractivity contribution in [3.63, 3.8) is 0 Å². The predicted octanol–water partition coefficient (Wildman–Crippen LogP) is -0.170. The number of nitrogen functional groups attached to an aromatic ring is 1. The summed E-state index contributed by atoms with van der Waals surface area (Å²) in [6.07, 6.45) is -4.93. The van der Waals surface area contributed by atoms with E-state index in [9.17, 15) is 18.0 Å². The molecule has 0 bridgehead atoms. The fourth-order valence-electron chi connectivity index (χ4n) is 0.594. The van der Waals surface area contributed by atoms with Crippen LogP contribution in [0.5, 0.6) is 0 Å². The van der Waals surface area contributed by atoms with E-state index in [1.54, 1.807) is 0 Å². The average Bonchev–Trinajstić information content (AvgIpc) is 2.45. The van der Waals surface area contributed by atoms with Crippen molar-refractivity contribution >= 4 is 11.9 Å². The molecule has 1 aromatic heterocycles. The molecule has 1 rings (SSSR count). The number of nitrogens with one attached hydrogen (secondary N) is 1. The number of alkyl halides is 3. The number of aromatic nitrogens is 2. The van der Waals surface area contributed by atoms with Gasteiger partial charge < -0.3 is 15.5 Å². The van der Waals surface area contributed by atoms with E-state index >= 15 is 0 Å². The third-order valence-corrected chi connectivity index (χ3v) is 1.14. The number of halogens is 3.